The van der Waals surface area contributed by atoms with E-state index in [1.54, 1.807) is 27.1 Å². The van der Waals surface area contributed by atoms with Crippen LogP contribution in [0.5, 0.6) is 0 Å². The van der Waals surface area contributed by atoms with E-state index >= 15 is 0 Å². The first kappa shape index (κ1) is 17.5. The molecule has 1 aliphatic heterocycles. The lowest BCUT2D eigenvalue weighted by molar-refractivity contribution is -0.125. The molecule has 0 bridgehead atoms. The Bertz CT molecular complexity index is 964. The molecule has 0 spiro atoms. The average molecular weight is 380 g/mol. The van der Waals surface area contributed by atoms with Crippen LogP contribution in [0.1, 0.15) is 32.5 Å². The molecule has 27 heavy (non-hydrogen) atoms. The molecule has 7 heteroatoms. The summed E-state index contributed by atoms with van der Waals surface area (Å²) in [6, 6.07) is 12.8. The maximum Gasteiger partial charge on any atom is 0.254 e. The monoisotopic (exact) mass is 380 g/mol. The molecule has 138 valence electrons. The van der Waals surface area contributed by atoms with Crippen molar-refractivity contribution < 1.29 is 9.59 Å². The number of fused-ring (bicyclic) bond motifs is 1. The number of rotatable bonds is 4. The van der Waals surface area contributed by atoms with Gasteiger partial charge in [0.05, 0.1) is 25.3 Å². The Morgan fingerprint density at radius 1 is 1.26 bits per heavy atom. The number of carbonyl (C=O) groups excluding carboxylic acids is 2. The fraction of sp³-hybridized carbons (Fsp3) is 0.250. The molecule has 2 aromatic heterocycles. The van der Waals surface area contributed by atoms with E-state index in [0.29, 0.717) is 25.2 Å². The number of aryl methyl sites for hydroxylation is 1. The Morgan fingerprint density at radius 2 is 2.15 bits per heavy atom. The number of nitrogens with zero attached hydrogens (tertiary/aromatic N) is 3. The minimum Gasteiger partial charge on any atom is -0.349 e. The summed E-state index contributed by atoms with van der Waals surface area (Å²) >= 11 is 1.60. The second-order valence-corrected chi connectivity index (χ2v) is 7.67. The van der Waals surface area contributed by atoms with Gasteiger partial charge in [-0.2, -0.15) is 5.10 Å². The number of benzene rings is 1. The van der Waals surface area contributed by atoms with Crippen LogP contribution >= 0.6 is 11.3 Å². The van der Waals surface area contributed by atoms with Crippen LogP contribution in [0.25, 0.3) is 0 Å². The molecule has 6 nitrogen and oxygen atoms in total. The second kappa shape index (κ2) is 7.36. The molecular formula is C20H20N4O2S. The van der Waals surface area contributed by atoms with Crippen molar-refractivity contribution in [3.05, 3.63) is 75.7 Å². The highest BCUT2D eigenvalue weighted by Crippen LogP contribution is 2.23. The third-order valence-electron chi connectivity index (χ3n) is 4.67. The predicted octanol–water partition coefficient (Wildman–Crippen LogP) is 2.77. The molecule has 0 radical (unpaired) electrons. The van der Waals surface area contributed by atoms with Crippen molar-refractivity contribution >= 4 is 23.2 Å². The third-order valence-corrected chi connectivity index (χ3v) is 5.54. The Balaban J connectivity index is 1.53. The van der Waals surface area contributed by atoms with E-state index in [4.69, 9.17) is 0 Å². The molecular weight excluding hydrogens is 360 g/mol. The summed E-state index contributed by atoms with van der Waals surface area (Å²) in [5.41, 5.74) is 2.53. The van der Waals surface area contributed by atoms with Crippen molar-refractivity contribution in [2.75, 3.05) is 6.54 Å². The number of nitrogens with one attached hydrogen (secondary N) is 1. The van der Waals surface area contributed by atoms with Crippen molar-refractivity contribution in [3.63, 3.8) is 0 Å². The van der Waals surface area contributed by atoms with Gasteiger partial charge in [-0.1, -0.05) is 23.8 Å². The Labute approximate surface area is 161 Å². The van der Waals surface area contributed by atoms with E-state index in [1.807, 2.05) is 54.8 Å². The summed E-state index contributed by atoms with van der Waals surface area (Å²) < 4.78 is 1.73. The van der Waals surface area contributed by atoms with Crippen molar-refractivity contribution in [1.82, 2.24) is 20.0 Å². The average Bonchev–Trinajstić information content (AvgIpc) is 3.36. The van der Waals surface area contributed by atoms with Gasteiger partial charge in [0.2, 0.25) is 5.91 Å². The number of thiophene rings is 1. The highest BCUT2D eigenvalue weighted by molar-refractivity contribution is 7.09. The largest absolute Gasteiger partial charge is 0.349 e. The highest BCUT2D eigenvalue weighted by atomic mass is 32.1. The van der Waals surface area contributed by atoms with Crippen LogP contribution in [-0.2, 0) is 17.9 Å². The molecule has 3 heterocycles. The summed E-state index contributed by atoms with van der Waals surface area (Å²) in [4.78, 5) is 28.6. The molecule has 0 saturated heterocycles. The fourth-order valence-corrected chi connectivity index (χ4v) is 3.95. The van der Waals surface area contributed by atoms with Gasteiger partial charge in [-0.3, -0.25) is 14.3 Å². The molecule has 1 aromatic carbocycles. The van der Waals surface area contributed by atoms with Crippen LogP contribution in [0.3, 0.4) is 0 Å². The van der Waals surface area contributed by atoms with Crippen molar-refractivity contribution in [1.29, 1.82) is 0 Å². The normalized spacial score (nSPS) is 16.0. The number of hydrogen-bond donors (Lipinski definition) is 1. The second-order valence-electron chi connectivity index (χ2n) is 6.64. The van der Waals surface area contributed by atoms with Gasteiger partial charge in [0.15, 0.2) is 0 Å². The van der Waals surface area contributed by atoms with Crippen LogP contribution in [0.15, 0.2) is 54.0 Å². The van der Waals surface area contributed by atoms with Gasteiger partial charge >= 0.3 is 0 Å². The molecule has 0 saturated carbocycles. The third kappa shape index (κ3) is 3.64. The summed E-state index contributed by atoms with van der Waals surface area (Å²) in [6.07, 6.45) is 1.68. The zero-order chi connectivity index (χ0) is 18.8. The molecule has 3 aromatic rings. The molecule has 1 N–H and O–H groups in total. The first-order chi connectivity index (χ1) is 13.1. The topological polar surface area (TPSA) is 67.2 Å². The summed E-state index contributed by atoms with van der Waals surface area (Å²) in [6.45, 7) is 3.19. The first-order valence-electron chi connectivity index (χ1n) is 8.80. The molecule has 1 atom stereocenters. The van der Waals surface area contributed by atoms with Crippen molar-refractivity contribution in [2.45, 2.75) is 26.1 Å². The summed E-state index contributed by atoms with van der Waals surface area (Å²) in [7, 11) is 0. The molecule has 0 aliphatic carbocycles. The SMILES string of the molecule is Cc1cccc(C(=O)N2Cc3ccnn3[C@H](C(=O)NCc3cccs3)C2)c1. The van der Waals surface area contributed by atoms with Crippen LogP contribution in [0.2, 0.25) is 0 Å². The van der Waals surface area contributed by atoms with Crippen molar-refractivity contribution in [3.8, 4) is 0 Å². The number of hydrogen-bond acceptors (Lipinski definition) is 4. The van der Waals surface area contributed by atoms with Gasteiger partial charge in [0, 0.05) is 16.6 Å². The molecule has 0 unspecified atom stereocenters. The van der Waals surface area contributed by atoms with Gasteiger partial charge < -0.3 is 10.2 Å². The first-order valence-corrected chi connectivity index (χ1v) is 9.68. The van der Waals surface area contributed by atoms with Crippen LogP contribution in [0, 0.1) is 6.92 Å². The smallest absolute Gasteiger partial charge is 0.254 e. The van der Waals surface area contributed by atoms with E-state index < -0.39 is 6.04 Å². The lowest BCUT2D eigenvalue weighted by atomic mass is 10.1. The zero-order valence-electron chi connectivity index (χ0n) is 15.0. The van der Waals surface area contributed by atoms with E-state index in [-0.39, 0.29) is 11.8 Å². The van der Waals surface area contributed by atoms with Gasteiger partial charge in [-0.15, -0.1) is 11.3 Å². The van der Waals surface area contributed by atoms with Gasteiger partial charge in [-0.05, 0) is 36.6 Å². The molecule has 1 aliphatic rings. The van der Waals surface area contributed by atoms with Crippen LogP contribution in [-0.4, -0.2) is 33.0 Å². The Hall–Kier alpha value is -2.93. The summed E-state index contributed by atoms with van der Waals surface area (Å²) in [5, 5.41) is 9.25. The predicted molar refractivity (Wildman–Crippen MR) is 103 cm³/mol. The maximum atomic E-state index is 13.0. The Kier molecular flexibility index (Phi) is 4.77. The van der Waals surface area contributed by atoms with E-state index in [0.717, 1.165) is 16.1 Å². The van der Waals surface area contributed by atoms with Crippen LogP contribution < -0.4 is 5.32 Å². The van der Waals surface area contributed by atoms with E-state index in [1.165, 1.54) is 0 Å². The lowest BCUT2D eigenvalue weighted by Gasteiger charge is -2.33. The fourth-order valence-electron chi connectivity index (χ4n) is 3.31. The lowest BCUT2D eigenvalue weighted by Crippen LogP contribution is -2.47. The van der Waals surface area contributed by atoms with Gasteiger partial charge in [0.1, 0.15) is 6.04 Å². The van der Waals surface area contributed by atoms with Crippen LogP contribution in [0.4, 0.5) is 0 Å². The van der Waals surface area contributed by atoms with Gasteiger partial charge in [-0.25, -0.2) is 0 Å². The number of aromatic nitrogens is 2. The molecule has 0 fully saturated rings. The van der Waals surface area contributed by atoms with Gasteiger partial charge in [0.25, 0.3) is 5.91 Å². The van der Waals surface area contributed by atoms with E-state index in [9.17, 15) is 9.59 Å². The highest BCUT2D eigenvalue weighted by Gasteiger charge is 2.33. The molecule has 2 amide bonds. The minimum atomic E-state index is -0.530. The summed E-state index contributed by atoms with van der Waals surface area (Å²) in [5.74, 6) is -0.197. The quantitative estimate of drug-likeness (QED) is 0.757. The Morgan fingerprint density at radius 3 is 2.93 bits per heavy atom. The molecule has 4 rings (SSSR count). The standard InChI is InChI=1S/C20H20N4O2S/c1-14-4-2-5-15(10-14)20(26)23-12-16-7-8-22-24(16)18(13-23)19(25)21-11-17-6-3-9-27-17/h2-10,18H,11-13H2,1H3,(H,21,25)/t18-/m0/s1. The maximum absolute atomic E-state index is 13.0. The number of amides is 2. The number of carbonyl (C=O) groups is 2. The van der Waals surface area contributed by atoms with Crippen molar-refractivity contribution in [2.24, 2.45) is 0 Å². The minimum absolute atomic E-state index is 0.0674. The zero-order valence-corrected chi connectivity index (χ0v) is 15.8. The van der Waals surface area contributed by atoms with E-state index in [2.05, 4.69) is 10.4 Å².